The minimum Gasteiger partial charge on any atom is -0.457 e. The zero-order chi connectivity index (χ0) is 11.4. The summed E-state index contributed by atoms with van der Waals surface area (Å²) in [6.45, 7) is -0.0212. The Kier molecular flexibility index (Phi) is 3.17. The predicted octanol–water partition coefficient (Wildman–Crippen LogP) is 3.09. The van der Waals surface area contributed by atoms with Crippen molar-refractivity contribution in [1.82, 2.24) is 0 Å². The van der Waals surface area contributed by atoms with Crippen LogP contribution >= 0.6 is 0 Å². The molecule has 0 saturated heterocycles. The number of rotatable bonds is 3. The van der Waals surface area contributed by atoms with Gasteiger partial charge in [0.25, 0.3) is 0 Å². The highest BCUT2D eigenvalue weighted by atomic mass is 19.1. The molecule has 0 aliphatic carbocycles. The van der Waals surface area contributed by atoms with Gasteiger partial charge in [0.2, 0.25) is 0 Å². The van der Waals surface area contributed by atoms with Crippen molar-refractivity contribution in [2.24, 2.45) is 0 Å². The van der Waals surface area contributed by atoms with E-state index >= 15 is 0 Å². The number of furan rings is 1. The number of aliphatic hydroxyl groups is 1. The van der Waals surface area contributed by atoms with Crippen molar-refractivity contribution in [3.8, 4) is 11.3 Å². The Labute approximate surface area is 92.6 Å². The van der Waals surface area contributed by atoms with Crippen molar-refractivity contribution in [1.29, 1.82) is 0 Å². The van der Waals surface area contributed by atoms with Crippen LogP contribution in [0.15, 0.2) is 46.9 Å². The van der Waals surface area contributed by atoms with E-state index in [1.807, 2.05) is 6.07 Å². The maximum absolute atomic E-state index is 12.7. The molecule has 1 heterocycles. The molecular weight excluding hydrogens is 207 g/mol. The fourth-order valence-corrected chi connectivity index (χ4v) is 1.38. The van der Waals surface area contributed by atoms with Crippen molar-refractivity contribution < 1.29 is 13.9 Å². The third-order valence-electron chi connectivity index (χ3n) is 2.14. The number of hydrogen-bond donors (Lipinski definition) is 1. The van der Waals surface area contributed by atoms with Crippen LogP contribution in [0.1, 0.15) is 5.76 Å². The summed E-state index contributed by atoms with van der Waals surface area (Å²) < 4.78 is 18.2. The van der Waals surface area contributed by atoms with E-state index in [0.29, 0.717) is 11.5 Å². The first kappa shape index (κ1) is 10.6. The Morgan fingerprint density at radius 1 is 1.12 bits per heavy atom. The summed E-state index contributed by atoms with van der Waals surface area (Å²) in [5.41, 5.74) is 0.824. The van der Waals surface area contributed by atoms with Crippen LogP contribution in [0, 0.1) is 5.82 Å². The molecule has 3 heteroatoms. The monoisotopic (exact) mass is 218 g/mol. The van der Waals surface area contributed by atoms with Gasteiger partial charge in [0.05, 0.1) is 6.61 Å². The van der Waals surface area contributed by atoms with Crippen LogP contribution in [0.3, 0.4) is 0 Å². The first-order valence-electron chi connectivity index (χ1n) is 4.93. The minimum atomic E-state index is -0.268. The summed E-state index contributed by atoms with van der Waals surface area (Å²) in [6.07, 6.45) is 3.28. The van der Waals surface area contributed by atoms with Gasteiger partial charge in [-0.3, -0.25) is 0 Å². The molecule has 0 amide bonds. The zero-order valence-electron chi connectivity index (χ0n) is 8.56. The summed E-state index contributed by atoms with van der Waals surface area (Å²) in [5, 5.41) is 8.61. The van der Waals surface area contributed by atoms with E-state index < -0.39 is 0 Å². The van der Waals surface area contributed by atoms with Gasteiger partial charge >= 0.3 is 0 Å². The molecule has 0 aliphatic rings. The van der Waals surface area contributed by atoms with Gasteiger partial charge < -0.3 is 9.52 Å². The molecule has 1 aromatic heterocycles. The van der Waals surface area contributed by atoms with E-state index in [9.17, 15) is 4.39 Å². The first-order chi connectivity index (χ1) is 7.79. The lowest BCUT2D eigenvalue weighted by Gasteiger charge is -1.95. The Bertz CT molecular complexity index is 483. The fourth-order valence-electron chi connectivity index (χ4n) is 1.38. The van der Waals surface area contributed by atoms with Gasteiger partial charge in [-0.15, -0.1) is 0 Å². The molecule has 0 saturated carbocycles. The number of hydrogen-bond acceptors (Lipinski definition) is 2. The molecular formula is C13H11FO2. The van der Waals surface area contributed by atoms with Gasteiger partial charge in [0, 0.05) is 5.56 Å². The molecule has 1 aromatic carbocycles. The summed E-state index contributed by atoms with van der Waals surface area (Å²) >= 11 is 0. The normalized spacial score (nSPS) is 11.1. The molecule has 0 fully saturated rings. The zero-order valence-corrected chi connectivity index (χ0v) is 8.56. The van der Waals surface area contributed by atoms with Crippen LogP contribution in [0.5, 0.6) is 0 Å². The van der Waals surface area contributed by atoms with Crippen LogP contribution in [0.4, 0.5) is 4.39 Å². The highest BCUT2D eigenvalue weighted by molar-refractivity contribution is 5.59. The van der Waals surface area contributed by atoms with E-state index in [1.54, 1.807) is 30.4 Å². The third kappa shape index (κ3) is 2.38. The molecule has 16 heavy (non-hydrogen) atoms. The lowest BCUT2D eigenvalue weighted by atomic mass is 10.2. The van der Waals surface area contributed by atoms with Crippen LogP contribution < -0.4 is 0 Å². The van der Waals surface area contributed by atoms with Gasteiger partial charge in [-0.05, 0) is 42.5 Å². The molecule has 0 spiro atoms. The van der Waals surface area contributed by atoms with Crippen molar-refractivity contribution in [3.63, 3.8) is 0 Å². The largest absolute Gasteiger partial charge is 0.457 e. The van der Waals surface area contributed by atoms with Crippen molar-refractivity contribution >= 4 is 6.08 Å². The number of benzene rings is 1. The van der Waals surface area contributed by atoms with E-state index in [0.717, 1.165) is 5.56 Å². The predicted molar refractivity (Wildman–Crippen MR) is 60.2 cm³/mol. The fraction of sp³-hybridized carbons (Fsp3) is 0.0769. The van der Waals surface area contributed by atoms with E-state index in [2.05, 4.69) is 0 Å². The average molecular weight is 218 g/mol. The first-order valence-corrected chi connectivity index (χ1v) is 4.93. The van der Waals surface area contributed by atoms with E-state index in [-0.39, 0.29) is 12.4 Å². The standard InChI is InChI=1S/C13H11FO2/c14-11-5-3-10(4-6-11)13-8-7-12(16-13)2-1-9-15/h1-8,15H,9H2/b2-1+. The molecule has 0 bridgehead atoms. The Morgan fingerprint density at radius 2 is 1.88 bits per heavy atom. The smallest absolute Gasteiger partial charge is 0.134 e. The lowest BCUT2D eigenvalue weighted by Crippen LogP contribution is -1.75. The Morgan fingerprint density at radius 3 is 2.56 bits per heavy atom. The van der Waals surface area contributed by atoms with Crippen molar-refractivity contribution in [3.05, 3.63) is 54.1 Å². The molecule has 1 N–H and O–H groups in total. The molecule has 2 nitrogen and oxygen atoms in total. The SMILES string of the molecule is OC/C=C/c1ccc(-c2ccc(F)cc2)o1. The van der Waals surface area contributed by atoms with Gasteiger partial charge in [-0.1, -0.05) is 6.08 Å². The quantitative estimate of drug-likeness (QED) is 0.858. The van der Waals surface area contributed by atoms with Crippen LogP contribution in [0.2, 0.25) is 0 Å². The van der Waals surface area contributed by atoms with Gasteiger partial charge in [0.15, 0.2) is 0 Å². The van der Waals surface area contributed by atoms with Gasteiger partial charge in [0.1, 0.15) is 17.3 Å². The second kappa shape index (κ2) is 4.77. The molecule has 0 aliphatic heterocycles. The Balaban J connectivity index is 2.24. The van der Waals surface area contributed by atoms with Crippen molar-refractivity contribution in [2.75, 3.05) is 6.61 Å². The third-order valence-corrected chi connectivity index (χ3v) is 2.14. The summed E-state index contributed by atoms with van der Waals surface area (Å²) in [5.74, 6) is 1.07. The topological polar surface area (TPSA) is 33.4 Å². The number of halogens is 1. The van der Waals surface area contributed by atoms with Crippen molar-refractivity contribution in [2.45, 2.75) is 0 Å². The van der Waals surface area contributed by atoms with Crippen LogP contribution in [-0.4, -0.2) is 11.7 Å². The molecule has 82 valence electrons. The highest BCUT2D eigenvalue weighted by Crippen LogP contribution is 2.22. The second-order valence-electron chi connectivity index (χ2n) is 3.29. The Hall–Kier alpha value is -1.87. The summed E-state index contributed by atoms with van der Waals surface area (Å²) in [4.78, 5) is 0. The average Bonchev–Trinajstić information content (AvgIpc) is 2.76. The van der Waals surface area contributed by atoms with Gasteiger partial charge in [-0.25, -0.2) is 4.39 Å². The minimum absolute atomic E-state index is 0.0212. The maximum Gasteiger partial charge on any atom is 0.134 e. The van der Waals surface area contributed by atoms with Crippen LogP contribution in [-0.2, 0) is 0 Å². The molecule has 0 radical (unpaired) electrons. The summed E-state index contributed by atoms with van der Waals surface area (Å²) in [6, 6.07) is 9.71. The number of aliphatic hydroxyl groups excluding tert-OH is 1. The van der Waals surface area contributed by atoms with E-state index in [1.165, 1.54) is 12.1 Å². The molecule has 0 unspecified atom stereocenters. The molecule has 2 rings (SSSR count). The summed E-state index contributed by atoms with van der Waals surface area (Å²) in [7, 11) is 0. The second-order valence-corrected chi connectivity index (χ2v) is 3.29. The van der Waals surface area contributed by atoms with E-state index in [4.69, 9.17) is 9.52 Å². The highest BCUT2D eigenvalue weighted by Gasteiger charge is 2.02. The molecule has 0 atom stereocenters. The van der Waals surface area contributed by atoms with Gasteiger partial charge in [-0.2, -0.15) is 0 Å². The van der Waals surface area contributed by atoms with Crippen LogP contribution in [0.25, 0.3) is 17.4 Å². The lowest BCUT2D eigenvalue weighted by molar-refractivity contribution is 0.343. The molecule has 2 aromatic rings. The maximum atomic E-state index is 12.7.